The van der Waals surface area contributed by atoms with Gasteiger partial charge in [0.15, 0.2) is 0 Å². The van der Waals surface area contributed by atoms with Crippen LogP contribution in [0.25, 0.3) is 0 Å². The molecule has 0 amide bonds. The molecule has 0 saturated heterocycles. The number of ether oxygens (including phenoxy) is 1. The van der Waals surface area contributed by atoms with Gasteiger partial charge in [0.2, 0.25) is 5.95 Å². The third-order valence-electron chi connectivity index (χ3n) is 3.95. The fraction of sp³-hybridized carbons (Fsp3) is 0.333. The number of aromatic nitrogens is 2. The number of carbonyl (C=O) groups is 1. The largest absolute Gasteiger partial charge is 0.462 e. The highest BCUT2D eigenvalue weighted by atomic mass is 16.5. The van der Waals surface area contributed by atoms with Crippen LogP contribution >= 0.6 is 0 Å². The molecule has 0 aliphatic heterocycles. The molecule has 6 heteroatoms. The smallest absolute Gasteiger partial charge is 0.341 e. The summed E-state index contributed by atoms with van der Waals surface area (Å²) in [6, 6.07) is 8.30. The Hall–Kier alpha value is -2.76. The van der Waals surface area contributed by atoms with Crippen LogP contribution in [0.15, 0.2) is 35.6 Å². The van der Waals surface area contributed by atoms with Crippen molar-refractivity contribution < 1.29 is 9.53 Å². The van der Waals surface area contributed by atoms with Crippen molar-refractivity contribution in [1.29, 1.82) is 0 Å². The average molecular weight is 324 g/mol. The lowest BCUT2D eigenvalue weighted by molar-refractivity contribution is 0.0524. The number of aryl methyl sites for hydroxylation is 2. The molecule has 1 aliphatic carbocycles. The third kappa shape index (κ3) is 3.42. The number of benzene rings is 1. The van der Waals surface area contributed by atoms with Gasteiger partial charge in [-0.25, -0.2) is 20.2 Å². The molecule has 1 N–H and O–H groups in total. The summed E-state index contributed by atoms with van der Waals surface area (Å²) >= 11 is 0. The van der Waals surface area contributed by atoms with Crippen LogP contribution in [0, 0.1) is 6.92 Å². The quantitative estimate of drug-likeness (QED) is 0.691. The van der Waals surface area contributed by atoms with Crippen LogP contribution in [0.1, 0.15) is 46.9 Å². The van der Waals surface area contributed by atoms with Gasteiger partial charge in [-0.2, -0.15) is 5.10 Å². The number of carbonyl (C=O) groups excluding carboxylic acids is 1. The monoisotopic (exact) mass is 324 g/mol. The molecule has 0 atom stereocenters. The summed E-state index contributed by atoms with van der Waals surface area (Å²) in [6.07, 6.45) is 4.56. The van der Waals surface area contributed by atoms with Gasteiger partial charge in [0.25, 0.3) is 0 Å². The predicted octanol–water partition coefficient (Wildman–Crippen LogP) is 3.11. The zero-order valence-electron chi connectivity index (χ0n) is 13.9. The Labute approximate surface area is 141 Å². The average Bonchev–Trinajstić information content (AvgIpc) is 2.60. The Morgan fingerprint density at radius 1 is 1.33 bits per heavy atom. The van der Waals surface area contributed by atoms with Gasteiger partial charge < -0.3 is 4.74 Å². The second-order valence-electron chi connectivity index (χ2n) is 5.59. The van der Waals surface area contributed by atoms with Gasteiger partial charge in [-0.05, 0) is 38.7 Å². The van der Waals surface area contributed by atoms with Crippen LogP contribution in [0.4, 0.5) is 5.95 Å². The molecule has 124 valence electrons. The second-order valence-corrected chi connectivity index (χ2v) is 5.59. The maximum absolute atomic E-state index is 11.8. The highest BCUT2D eigenvalue weighted by Gasteiger charge is 2.15. The SMILES string of the molecule is CCOC(=O)c1cnc(N/N=C2\CCCc3ccccc32)nc1C. The number of esters is 1. The summed E-state index contributed by atoms with van der Waals surface area (Å²) in [7, 11) is 0. The van der Waals surface area contributed by atoms with Gasteiger partial charge in [0.05, 0.1) is 23.6 Å². The first-order valence-corrected chi connectivity index (χ1v) is 8.10. The Kier molecular flexibility index (Phi) is 4.84. The van der Waals surface area contributed by atoms with Crippen LogP contribution in [0.5, 0.6) is 0 Å². The van der Waals surface area contributed by atoms with E-state index in [9.17, 15) is 4.79 Å². The van der Waals surface area contributed by atoms with Gasteiger partial charge in [-0.1, -0.05) is 24.3 Å². The lowest BCUT2D eigenvalue weighted by atomic mass is 9.90. The first kappa shape index (κ1) is 16.1. The van der Waals surface area contributed by atoms with Crippen molar-refractivity contribution in [1.82, 2.24) is 9.97 Å². The molecular formula is C18H20N4O2. The number of rotatable bonds is 4. The topological polar surface area (TPSA) is 76.5 Å². The molecule has 24 heavy (non-hydrogen) atoms. The maximum atomic E-state index is 11.8. The Balaban J connectivity index is 1.78. The van der Waals surface area contributed by atoms with E-state index in [0.29, 0.717) is 23.8 Å². The molecule has 0 bridgehead atoms. The summed E-state index contributed by atoms with van der Waals surface area (Å²) in [5.74, 6) is -0.0369. The molecule has 1 heterocycles. The van der Waals surface area contributed by atoms with E-state index >= 15 is 0 Å². The first-order chi connectivity index (χ1) is 11.7. The molecule has 0 radical (unpaired) electrons. The molecule has 6 nitrogen and oxygen atoms in total. The molecular weight excluding hydrogens is 304 g/mol. The first-order valence-electron chi connectivity index (χ1n) is 8.10. The molecule has 0 saturated carbocycles. The number of fused-ring (bicyclic) bond motifs is 1. The van der Waals surface area contributed by atoms with E-state index in [0.717, 1.165) is 25.0 Å². The van der Waals surface area contributed by atoms with E-state index in [4.69, 9.17) is 4.74 Å². The summed E-state index contributed by atoms with van der Waals surface area (Å²) in [5.41, 5.74) is 7.35. The normalized spacial score (nSPS) is 15.0. The van der Waals surface area contributed by atoms with Crippen LogP contribution in [-0.2, 0) is 11.2 Å². The molecule has 1 aromatic carbocycles. The lowest BCUT2D eigenvalue weighted by Gasteiger charge is -2.17. The fourth-order valence-corrected chi connectivity index (χ4v) is 2.76. The van der Waals surface area contributed by atoms with Gasteiger partial charge in [0.1, 0.15) is 0 Å². The van der Waals surface area contributed by atoms with Gasteiger partial charge >= 0.3 is 5.97 Å². The minimum atomic E-state index is -0.408. The summed E-state index contributed by atoms with van der Waals surface area (Å²) in [6.45, 7) is 3.84. The van der Waals surface area contributed by atoms with Gasteiger partial charge in [-0.15, -0.1) is 0 Å². The number of anilines is 1. The molecule has 3 rings (SSSR count). The Morgan fingerprint density at radius 3 is 2.96 bits per heavy atom. The molecule has 0 fully saturated rings. The van der Waals surface area contributed by atoms with Crippen molar-refractivity contribution in [3.05, 3.63) is 52.8 Å². The molecule has 1 aromatic heterocycles. The molecule has 0 unspecified atom stereocenters. The number of hydrogen-bond donors (Lipinski definition) is 1. The van der Waals surface area contributed by atoms with E-state index in [1.807, 2.05) is 6.07 Å². The van der Waals surface area contributed by atoms with Gasteiger partial charge in [-0.3, -0.25) is 0 Å². The standard InChI is InChI=1S/C18H20N4O2/c1-3-24-17(23)15-11-19-18(20-12(15)2)22-21-16-10-6-8-13-7-4-5-9-14(13)16/h4-5,7,9,11H,3,6,8,10H2,1-2H3,(H,19,20,22)/b21-16+. The summed E-state index contributed by atoms with van der Waals surface area (Å²) in [4.78, 5) is 20.2. The highest BCUT2D eigenvalue weighted by Crippen LogP contribution is 2.21. The van der Waals surface area contributed by atoms with Crippen molar-refractivity contribution in [2.24, 2.45) is 5.10 Å². The predicted molar refractivity (Wildman–Crippen MR) is 92.3 cm³/mol. The molecule has 2 aromatic rings. The van der Waals surface area contributed by atoms with E-state index in [2.05, 4.69) is 38.7 Å². The van der Waals surface area contributed by atoms with Crippen molar-refractivity contribution in [2.75, 3.05) is 12.0 Å². The van der Waals surface area contributed by atoms with Crippen LogP contribution < -0.4 is 5.43 Å². The minimum Gasteiger partial charge on any atom is -0.462 e. The minimum absolute atomic E-state index is 0.325. The van der Waals surface area contributed by atoms with E-state index in [1.165, 1.54) is 17.3 Å². The van der Waals surface area contributed by atoms with E-state index in [1.54, 1.807) is 13.8 Å². The molecule has 1 aliphatic rings. The lowest BCUT2D eigenvalue weighted by Crippen LogP contribution is -2.14. The van der Waals surface area contributed by atoms with E-state index in [-0.39, 0.29) is 0 Å². The second kappa shape index (κ2) is 7.21. The van der Waals surface area contributed by atoms with Crippen molar-refractivity contribution >= 4 is 17.6 Å². The van der Waals surface area contributed by atoms with Crippen molar-refractivity contribution in [3.63, 3.8) is 0 Å². The number of hydrazone groups is 1. The maximum Gasteiger partial charge on any atom is 0.341 e. The van der Waals surface area contributed by atoms with Crippen molar-refractivity contribution in [2.45, 2.75) is 33.1 Å². The fourth-order valence-electron chi connectivity index (χ4n) is 2.76. The Bertz CT molecular complexity index is 786. The Morgan fingerprint density at radius 2 is 2.17 bits per heavy atom. The number of nitrogens with one attached hydrogen (secondary N) is 1. The highest BCUT2D eigenvalue weighted by molar-refractivity contribution is 6.03. The number of nitrogens with zero attached hydrogens (tertiary/aromatic N) is 3. The summed E-state index contributed by atoms with van der Waals surface area (Å²) < 4.78 is 4.98. The zero-order chi connectivity index (χ0) is 16.9. The third-order valence-corrected chi connectivity index (χ3v) is 3.95. The van der Waals surface area contributed by atoms with Gasteiger partial charge in [0, 0.05) is 11.8 Å². The molecule has 0 spiro atoms. The van der Waals surface area contributed by atoms with Crippen LogP contribution in [0.2, 0.25) is 0 Å². The van der Waals surface area contributed by atoms with E-state index < -0.39 is 5.97 Å². The van der Waals surface area contributed by atoms with Crippen molar-refractivity contribution in [3.8, 4) is 0 Å². The van der Waals surface area contributed by atoms with Crippen LogP contribution in [0.3, 0.4) is 0 Å². The van der Waals surface area contributed by atoms with Crippen LogP contribution in [-0.4, -0.2) is 28.3 Å². The summed E-state index contributed by atoms with van der Waals surface area (Å²) in [5, 5.41) is 4.47. The number of hydrogen-bond acceptors (Lipinski definition) is 6. The zero-order valence-corrected chi connectivity index (χ0v) is 13.9.